The molecule has 1 aromatic carbocycles. The fraction of sp³-hybridized carbons (Fsp3) is 0.294. The van der Waals surface area contributed by atoms with E-state index < -0.39 is 6.36 Å². The van der Waals surface area contributed by atoms with E-state index in [1.54, 1.807) is 23.0 Å². The van der Waals surface area contributed by atoms with E-state index in [-0.39, 0.29) is 11.5 Å². The van der Waals surface area contributed by atoms with Crippen molar-refractivity contribution in [1.29, 1.82) is 0 Å². The van der Waals surface area contributed by atoms with Crippen LogP contribution in [-0.2, 0) is 0 Å². The summed E-state index contributed by atoms with van der Waals surface area (Å²) in [7, 11) is 1.37. The molecule has 0 aliphatic rings. The van der Waals surface area contributed by atoms with Crippen LogP contribution in [0.2, 0.25) is 0 Å². The maximum Gasteiger partial charge on any atom is 0.573 e. The van der Waals surface area contributed by atoms with E-state index in [0.29, 0.717) is 16.9 Å². The lowest BCUT2D eigenvalue weighted by Crippen LogP contribution is -2.17. The number of halogens is 3. The number of alkyl halides is 3. The number of hydrogen-bond donors (Lipinski definition) is 0. The zero-order valence-electron chi connectivity index (χ0n) is 14.3. The second kappa shape index (κ2) is 7.42. The number of aryl methyl sites for hydroxylation is 1. The summed E-state index contributed by atoms with van der Waals surface area (Å²) in [5.74, 6) is -0.111. The van der Waals surface area contributed by atoms with Crippen molar-refractivity contribution >= 4 is 5.65 Å². The smallest absolute Gasteiger partial charge is 0.496 e. The number of aromatic nitrogens is 3. The van der Waals surface area contributed by atoms with E-state index in [9.17, 15) is 13.2 Å². The average Bonchev–Trinajstić information content (AvgIpc) is 2.96. The number of benzene rings is 1. The van der Waals surface area contributed by atoms with Crippen LogP contribution in [0.1, 0.15) is 19.4 Å². The normalized spacial score (nSPS) is 11.0. The molecular weight excluding hydrogens is 335 g/mol. The summed E-state index contributed by atoms with van der Waals surface area (Å²) in [5, 5.41) is 4.13. The van der Waals surface area contributed by atoms with Gasteiger partial charge in [0.15, 0.2) is 5.65 Å². The molecule has 0 aliphatic carbocycles. The molecule has 0 fully saturated rings. The SMILES string of the molecule is CC.COc1cc(OC(F)(F)F)ccc1-c1ccn2ncc(C)c2n1. The molecular formula is C17H18F3N3O2. The van der Waals surface area contributed by atoms with Gasteiger partial charge >= 0.3 is 6.36 Å². The molecule has 2 aromatic heterocycles. The molecule has 134 valence electrons. The van der Waals surface area contributed by atoms with Gasteiger partial charge in [0.05, 0.1) is 19.0 Å². The van der Waals surface area contributed by atoms with Crippen LogP contribution in [-0.4, -0.2) is 28.1 Å². The third-order valence-electron chi connectivity index (χ3n) is 3.23. The van der Waals surface area contributed by atoms with Crippen LogP contribution in [0.25, 0.3) is 16.9 Å². The van der Waals surface area contributed by atoms with Crippen molar-refractivity contribution in [2.75, 3.05) is 7.11 Å². The van der Waals surface area contributed by atoms with Crippen LogP contribution >= 0.6 is 0 Å². The van der Waals surface area contributed by atoms with Crippen LogP contribution in [0.15, 0.2) is 36.7 Å². The molecule has 0 saturated carbocycles. The van der Waals surface area contributed by atoms with Gasteiger partial charge in [-0.05, 0) is 25.1 Å². The van der Waals surface area contributed by atoms with E-state index >= 15 is 0 Å². The highest BCUT2D eigenvalue weighted by atomic mass is 19.4. The monoisotopic (exact) mass is 353 g/mol. The van der Waals surface area contributed by atoms with E-state index in [1.807, 2.05) is 20.8 Å². The van der Waals surface area contributed by atoms with E-state index in [4.69, 9.17) is 4.74 Å². The maximum absolute atomic E-state index is 12.3. The lowest BCUT2D eigenvalue weighted by atomic mass is 10.1. The molecule has 0 aliphatic heterocycles. The van der Waals surface area contributed by atoms with Crippen molar-refractivity contribution < 1.29 is 22.6 Å². The molecule has 3 aromatic rings. The first-order valence-corrected chi connectivity index (χ1v) is 7.62. The Morgan fingerprint density at radius 3 is 2.48 bits per heavy atom. The molecule has 2 heterocycles. The summed E-state index contributed by atoms with van der Waals surface area (Å²) in [6.07, 6.45) is -1.34. The van der Waals surface area contributed by atoms with Gasteiger partial charge in [-0.2, -0.15) is 5.10 Å². The topological polar surface area (TPSA) is 48.7 Å². The Balaban J connectivity index is 0.00000109. The molecule has 0 amide bonds. The summed E-state index contributed by atoms with van der Waals surface area (Å²) < 4.78 is 47.6. The highest BCUT2D eigenvalue weighted by Crippen LogP contribution is 2.34. The Morgan fingerprint density at radius 2 is 1.84 bits per heavy atom. The summed E-state index contributed by atoms with van der Waals surface area (Å²) in [5.41, 5.74) is 2.68. The van der Waals surface area contributed by atoms with Gasteiger partial charge in [-0.25, -0.2) is 9.50 Å². The van der Waals surface area contributed by atoms with Crippen molar-refractivity contribution in [3.63, 3.8) is 0 Å². The molecule has 0 N–H and O–H groups in total. The lowest BCUT2D eigenvalue weighted by molar-refractivity contribution is -0.274. The first kappa shape index (κ1) is 18.6. The van der Waals surface area contributed by atoms with Gasteiger partial charge in [0.1, 0.15) is 11.5 Å². The maximum atomic E-state index is 12.3. The third-order valence-corrected chi connectivity index (χ3v) is 3.23. The Bertz CT molecular complexity index is 860. The Morgan fingerprint density at radius 1 is 1.12 bits per heavy atom. The Labute approximate surface area is 143 Å². The van der Waals surface area contributed by atoms with Crippen molar-refractivity contribution in [1.82, 2.24) is 14.6 Å². The minimum Gasteiger partial charge on any atom is -0.496 e. The first-order valence-electron chi connectivity index (χ1n) is 7.62. The minimum atomic E-state index is -4.75. The first-order chi connectivity index (χ1) is 11.9. The second-order valence-corrected chi connectivity index (χ2v) is 4.82. The number of nitrogens with zero attached hydrogens (tertiary/aromatic N) is 3. The van der Waals surface area contributed by atoms with Crippen LogP contribution < -0.4 is 9.47 Å². The quantitative estimate of drug-likeness (QED) is 0.688. The van der Waals surface area contributed by atoms with Crippen LogP contribution in [0.5, 0.6) is 11.5 Å². The number of fused-ring (bicyclic) bond motifs is 1. The van der Waals surface area contributed by atoms with E-state index in [2.05, 4.69) is 14.8 Å². The molecule has 0 atom stereocenters. The Hall–Kier alpha value is -2.77. The summed E-state index contributed by atoms with van der Waals surface area (Å²) in [6, 6.07) is 5.59. The lowest BCUT2D eigenvalue weighted by Gasteiger charge is -2.13. The molecule has 25 heavy (non-hydrogen) atoms. The van der Waals surface area contributed by atoms with Crippen molar-refractivity contribution in [2.45, 2.75) is 27.1 Å². The van der Waals surface area contributed by atoms with Gasteiger partial charge in [0, 0.05) is 23.4 Å². The van der Waals surface area contributed by atoms with E-state index in [0.717, 1.165) is 5.56 Å². The highest BCUT2D eigenvalue weighted by Gasteiger charge is 2.31. The number of rotatable bonds is 3. The van der Waals surface area contributed by atoms with Gasteiger partial charge in [0.25, 0.3) is 0 Å². The van der Waals surface area contributed by atoms with Crippen molar-refractivity contribution in [3.05, 3.63) is 42.2 Å². The third kappa shape index (κ3) is 4.20. The molecule has 5 nitrogen and oxygen atoms in total. The molecule has 3 rings (SSSR count). The van der Waals surface area contributed by atoms with Crippen LogP contribution in [0, 0.1) is 6.92 Å². The second-order valence-electron chi connectivity index (χ2n) is 4.82. The predicted octanol–water partition coefficient (Wildman–Crippen LogP) is 4.64. The standard InChI is InChI=1S/C15H12F3N3O2.C2H6/c1-9-8-19-21-6-5-12(20-14(9)21)11-4-3-10(7-13(11)22-2)23-15(16,17)18;1-2/h3-8H,1-2H3;1-2H3. The molecule has 0 spiro atoms. The van der Waals surface area contributed by atoms with Gasteiger partial charge in [-0.1, -0.05) is 13.8 Å². The summed E-state index contributed by atoms with van der Waals surface area (Å²) >= 11 is 0. The minimum absolute atomic E-state index is 0.237. The largest absolute Gasteiger partial charge is 0.573 e. The summed E-state index contributed by atoms with van der Waals surface area (Å²) in [6.45, 7) is 5.87. The molecule has 0 unspecified atom stereocenters. The van der Waals surface area contributed by atoms with Gasteiger partial charge in [0.2, 0.25) is 0 Å². The van der Waals surface area contributed by atoms with Crippen molar-refractivity contribution in [2.24, 2.45) is 0 Å². The molecule has 0 saturated heterocycles. The van der Waals surface area contributed by atoms with Crippen LogP contribution in [0.4, 0.5) is 13.2 Å². The fourth-order valence-electron chi connectivity index (χ4n) is 2.21. The predicted molar refractivity (Wildman–Crippen MR) is 87.7 cm³/mol. The molecule has 0 radical (unpaired) electrons. The zero-order chi connectivity index (χ0) is 18.6. The average molecular weight is 353 g/mol. The van der Waals surface area contributed by atoms with Crippen molar-refractivity contribution in [3.8, 4) is 22.8 Å². The number of methoxy groups -OCH3 is 1. The fourth-order valence-corrected chi connectivity index (χ4v) is 2.21. The zero-order valence-corrected chi connectivity index (χ0v) is 14.3. The van der Waals surface area contributed by atoms with Gasteiger partial charge in [-0.3, -0.25) is 0 Å². The molecule has 0 bridgehead atoms. The van der Waals surface area contributed by atoms with Crippen LogP contribution in [0.3, 0.4) is 0 Å². The highest BCUT2D eigenvalue weighted by molar-refractivity contribution is 5.70. The molecule has 8 heteroatoms. The van der Waals surface area contributed by atoms with E-state index in [1.165, 1.54) is 25.3 Å². The summed E-state index contributed by atoms with van der Waals surface area (Å²) in [4.78, 5) is 4.48. The van der Waals surface area contributed by atoms with Gasteiger partial charge in [-0.15, -0.1) is 13.2 Å². The van der Waals surface area contributed by atoms with Gasteiger partial charge < -0.3 is 9.47 Å². The number of ether oxygens (including phenoxy) is 2. The Kier molecular flexibility index (Phi) is 5.51. The number of hydrogen-bond acceptors (Lipinski definition) is 4.